The van der Waals surface area contributed by atoms with Gasteiger partial charge in [0.05, 0.1) is 5.56 Å². The number of carbonyl (C=O) groups is 2. The predicted molar refractivity (Wildman–Crippen MR) is 72.2 cm³/mol. The van der Waals surface area contributed by atoms with Gasteiger partial charge in [0.25, 0.3) is 5.91 Å². The van der Waals surface area contributed by atoms with Crippen molar-refractivity contribution in [2.45, 2.75) is 13.8 Å². The van der Waals surface area contributed by atoms with Crippen molar-refractivity contribution >= 4 is 17.6 Å². The van der Waals surface area contributed by atoms with Crippen molar-refractivity contribution in [3.05, 3.63) is 51.2 Å². The zero-order valence-corrected chi connectivity index (χ0v) is 10.9. The lowest BCUT2D eigenvalue weighted by Gasteiger charge is -2.10. The Kier molecular flexibility index (Phi) is 3.43. The fourth-order valence-electron chi connectivity index (χ4n) is 1.81. The van der Waals surface area contributed by atoms with Crippen LogP contribution in [0.15, 0.2) is 23.1 Å². The molecule has 0 aliphatic heterocycles. The number of carboxylic acid groups (broad SMARTS) is 1. The van der Waals surface area contributed by atoms with E-state index in [1.54, 1.807) is 19.9 Å². The highest BCUT2D eigenvalue weighted by atomic mass is 16.4. The molecule has 1 aromatic heterocycles. The number of amides is 1. The number of aromatic carboxylic acids is 1. The summed E-state index contributed by atoms with van der Waals surface area (Å²) in [6.07, 6.45) is 1.25. The molecule has 4 N–H and O–H groups in total. The molecule has 0 atom stereocenters. The molecule has 20 heavy (non-hydrogen) atoms. The number of H-pyrrole nitrogens is 2. The molecule has 1 heterocycles. The Morgan fingerprint density at radius 1 is 1.25 bits per heavy atom. The van der Waals surface area contributed by atoms with Gasteiger partial charge in [-0.1, -0.05) is 0 Å². The van der Waals surface area contributed by atoms with Gasteiger partial charge in [0.15, 0.2) is 0 Å². The minimum atomic E-state index is -1.06. The largest absolute Gasteiger partial charge is 0.478 e. The molecule has 1 aromatic carbocycles. The second kappa shape index (κ2) is 5.04. The van der Waals surface area contributed by atoms with Crippen molar-refractivity contribution < 1.29 is 14.7 Å². The Morgan fingerprint density at radius 3 is 2.50 bits per heavy atom. The van der Waals surface area contributed by atoms with Gasteiger partial charge in [-0.25, -0.2) is 9.59 Å². The van der Waals surface area contributed by atoms with Gasteiger partial charge < -0.3 is 20.4 Å². The monoisotopic (exact) mass is 275 g/mol. The maximum Gasteiger partial charge on any atom is 0.336 e. The maximum atomic E-state index is 11.9. The van der Waals surface area contributed by atoms with E-state index in [4.69, 9.17) is 5.11 Å². The first-order chi connectivity index (χ1) is 9.38. The average molecular weight is 275 g/mol. The zero-order chi connectivity index (χ0) is 14.9. The fourth-order valence-corrected chi connectivity index (χ4v) is 1.81. The molecular weight excluding hydrogens is 262 g/mol. The zero-order valence-electron chi connectivity index (χ0n) is 10.9. The van der Waals surface area contributed by atoms with Crippen LogP contribution < -0.4 is 11.0 Å². The van der Waals surface area contributed by atoms with Gasteiger partial charge in [0.1, 0.15) is 5.69 Å². The van der Waals surface area contributed by atoms with Crippen LogP contribution in [0.4, 0.5) is 5.69 Å². The summed E-state index contributed by atoms with van der Waals surface area (Å²) in [5, 5.41) is 11.6. The number of carbonyl (C=O) groups excluding carboxylic acids is 1. The lowest BCUT2D eigenvalue weighted by Crippen LogP contribution is -2.15. The topological polar surface area (TPSA) is 115 Å². The number of anilines is 1. The Labute approximate surface area is 113 Å². The molecule has 2 rings (SSSR count). The molecule has 0 aliphatic rings. The molecule has 0 spiro atoms. The molecule has 0 unspecified atom stereocenters. The molecule has 7 heteroatoms. The van der Waals surface area contributed by atoms with Crippen molar-refractivity contribution in [3.63, 3.8) is 0 Å². The number of aryl methyl sites for hydroxylation is 1. The molecule has 0 bridgehead atoms. The lowest BCUT2D eigenvalue weighted by molar-refractivity contribution is 0.0695. The summed E-state index contributed by atoms with van der Waals surface area (Å²) < 4.78 is 0. The van der Waals surface area contributed by atoms with E-state index in [9.17, 15) is 14.4 Å². The van der Waals surface area contributed by atoms with Crippen molar-refractivity contribution in [1.82, 2.24) is 9.97 Å². The normalized spacial score (nSPS) is 10.3. The van der Waals surface area contributed by atoms with Crippen LogP contribution in [-0.4, -0.2) is 27.0 Å². The number of carboxylic acids is 1. The third-order valence-electron chi connectivity index (χ3n) is 3.00. The Bertz CT molecular complexity index is 742. The SMILES string of the molecule is Cc1cc(NC(=O)c2c[nH]c(=O)[nH]2)cc(C(=O)O)c1C. The predicted octanol–water partition coefficient (Wildman–Crippen LogP) is 1.27. The van der Waals surface area contributed by atoms with Crippen molar-refractivity contribution in [3.8, 4) is 0 Å². The Hall–Kier alpha value is -2.83. The van der Waals surface area contributed by atoms with Crippen LogP contribution in [0.3, 0.4) is 0 Å². The summed E-state index contributed by atoms with van der Waals surface area (Å²) in [4.78, 5) is 38.5. The third kappa shape index (κ3) is 2.61. The van der Waals surface area contributed by atoms with Crippen LogP contribution in [0.25, 0.3) is 0 Å². The summed E-state index contributed by atoms with van der Waals surface area (Å²) in [6, 6.07) is 3.05. The number of hydrogen-bond acceptors (Lipinski definition) is 3. The van der Waals surface area contributed by atoms with E-state index in [0.717, 1.165) is 5.56 Å². The Balaban J connectivity index is 2.32. The van der Waals surface area contributed by atoms with E-state index >= 15 is 0 Å². The second-order valence-electron chi connectivity index (χ2n) is 4.38. The third-order valence-corrected chi connectivity index (χ3v) is 3.00. The van der Waals surface area contributed by atoms with E-state index in [0.29, 0.717) is 11.3 Å². The minimum Gasteiger partial charge on any atom is -0.478 e. The first kappa shape index (κ1) is 13.6. The first-order valence-electron chi connectivity index (χ1n) is 5.82. The van der Waals surface area contributed by atoms with Crippen LogP contribution in [0, 0.1) is 13.8 Å². The molecule has 7 nitrogen and oxygen atoms in total. The van der Waals surface area contributed by atoms with Crippen molar-refractivity contribution in [2.24, 2.45) is 0 Å². The molecule has 0 aliphatic carbocycles. The number of aromatic amines is 2. The van der Waals surface area contributed by atoms with E-state index in [1.165, 1.54) is 12.3 Å². The van der Waals surface area contributed by atoms with Crippen LogP contribution in [-0.2, 0) is 0 Å². The number of imidazole rings is 1. The van der Waals surface area contributed by atoms with Gasteiger partial charge in [0.2, 0.25) is 0 Å². The Morgan fingerprint density at radius 2 is 1.95 bits per heavy atom. The molecule has 0 saturated heterocycles. The quantitative estimate of drug-likeness (QED) is 0.675. The highest BCUT2D eigenvalue weighted by Crippen LogP contribution is 2.20. The number of aromatic nitrogens is 2. The summed E-state index contributed by atoms with van der Waals surface area (Å²) in [5.74, 6) is -1.58. The standard InChI is InChI=1S/C13H13N3O4/c1-6-3-8(4-9(7(6)2)12(18)19)15-11(17)10-5-14-13(20)16-10/h3-5H,1-2H3,(H,15,17)(H,18,19)(H2,14,16,20). The number of rotatable bonds is 3. The van der Waals surface area contributed by atoms with Gasteiger partial charge in [-0.15, -0.1) is 0 Å². The van der Waals surface area contributed by atoms with Crippen molar-refractivity contribution in [1.29, 1.82) is 0 Å². The van der Waals surface area contributed by atoms with E-state index in [1.807, 2.05) is 0 Å². The van der Waals surface area contributed by atoms with Gasteiger partial charge in [-0.3, -0.25) is 4.79 Å². The summed E-state index contributed by atoms with van der Waals surface area (Å²) >= 11 is 0. The van der Waals surface area contributed by atoms with Gasteiger partial charge >= 0.3 is 11.7 Å². The summed E-state index contributed by atoms with van der Waals surface area (Å²) in [6.45, 7) is 3.46. The van der Waals surface area contributed by atoms with E-state index < -0.39 is 17.6 Å². The van der Waals surface area contributed by atoms with Crippen LogP contribution in [0.2, 0.25) is 0 Å². The molecule has 104 valence electrons. The van der Waals surface area contributed by atoms with Crippen LogP contribution in [0.5, 0.6) is 0 Å². The number of nitrogens with one attached hydrogen (secondary N) is 3. The fraction of sp³-hybridized carbons (Fsp3) is 0.154. The van der Waals surface area contributed by atoms with Gasteiger partial charge in [0, 0.05) is 11.9 Å². The van der Waals surface area contributed by atoms with Crippen LogP contribution in [0.1, 0.15) is 32.0 Å². The highest BCUT2D eigenvalue weighted by Gasteiger charge is 2.13. The molecular formula is C13H13N3O4. The average Bonchev–Trinajstić information content (AvgIpc) is 2.80. The highest BCUT2D eigenvalue weighted by molar-refractivity contribution is 6.03. The lowest BCUT2D eigenvalue weighted by atomic mass is 10.0. The van der Waals surface area contributed by atoms with Crippen molar-refractivity contribution in [2.75, 3.05) is 5.32 Å². The molecule has 1 amide bonds. The molecule has 0 radical (unpaired) electrons. The van der Waals surface area contributed by atoms with Gasteiger partial charge in [-0.05, 0) is 37.1 Å². The minimum absolute atomic E-state index is 0.0742. The maximum absolute atomic E-state index is 11.9. The molecule has 0 fully saturated rings. The van der Waals surface area contributed by atoms with Crippen LogP contribution >= 0.6 is 0 Å². The van der Waals surface area contributed by atoms with E-state index in [-0.39, 0.29) is 11.3 Å². The molecule has 0 saturated carbocycles. The number of benzene rings is 1. The first-order valence-corrected chi connectivity index (χ1v) is 5.82. The smallest absolute Gasteiger partial charge is 0.336 e. The molecule has 2 aromatic rings. The number of hydrogen-bond donors (Lipinski definition) is 4. The summed E-state index contributed by atoms with van der Waals surface area (Å²) in [5.41, 5.74) is 1.47. The van der Waals surface area contributed by atoms with E-state index in [2.05, 4.69) is 15.3 Å². The summed E-state index contributed by atoms with van der Waals surface area (Å²) in [7, 11) is 0. The second-order valence-corrected chi connectivity index (χ2v) is 4.38. The van der Waals surface area contributed by atoms with Gasteiger partial charge in [-0.2, -0.15) is 0 Å².